The van der Waals surface area contributed by atoms with E-state index in [1.165, 1.54) is 5.56 Å². The van der Waals surface area contributed by atoms with Gasteiger partial charge in [0.25, 0.3) is 0 Å². The van der Waals surface area contributed by atoms with E-state index in [1.54, 1.807) is 18.3 Å². The number of benzene rings is 2. The second-order valence-electron chi connectivity index (χ2n) is 14.6. The lowest BCUT2D eigenvalue weighted by Crippen LogP contribution is -2.54. The molecule has 54 heavy (non-hydrogen) atoms. The number of piperidine rings is 1. The molecule has 3 saturated heterocycles. The first kappa shape index (κ1) is 33.7. The minimum Gasteiger partial charge on any atom is -0.507 e. The topological polar surface area (TPSA) is 168 Å². The quantitative estimate of drug-likeness (QED) is 0.120. The van der Waals surface area contributed by atoms with Crippen molar-refractivity contribution in [3.8, 4) is 17.0 Å². The van der Waals surface area contributed by atoms with Crippen molar-refractivity contribution >= 4 is 51.2 Å². The summed E-state index contributed by atoms with van der Waals surface area (Å²) in [4.78, 5) is 44.0. The number of hydrogen-bond donors (Lipinski definition) is 3. The molecule has 2 amide bonds. The highest BCUT2D eigenvalue weighted by atomic mass is 16.3. The van der Waals surface area contributed by atoms with Crippen LogP contribution in [0.1, 0.15) is 62.2 Å². The molecule has 3 fully saturated rings. The maximum atomic E-state index is 12.9. The Kier molecular flexibility index (Phi) is 8.76. The molecule has 2 bridgehead atoms. The number of hydrogen-bond acceptors (Lipinski definition) is 11. The summed E-state index contributed by atoms with van der Waals surface area (Å²) < 4.78 is 2.02. The van der Waals surface area contributed by atoms with Crippen molar-refractivity contribution in [2.45, 2.75) is 75.9 Å². The van der Waals surface area contributed by atoms with E-state index in [0.29, 0.717) is 29.9 Å². The number of para-hydroxylation sites is 1. The fourth-order valence-corrected chi connectivity index (χ4v) is 8.79. The Morgan fingerprint density at radius 1 is 0.852 bits per heavy atom. The van der Waals surface area contributed by atoms with Gasteiger partial charge in [-0.15, -0.1) is 10.2 Å². The molecule has 3 atom stereocenters. The highest BCUT2D eigenvalue weighted by Gasteiger charge is 2.42. The summed E-state index contributed by atoms with van der Waals surface area (Å²) >= 11 is 0. The number of aromatic hydroxyl groups is 1. The molecule has 13 nitrogen and oxygen atoms in total. The molecule has 6 aromatic rings. The van der Waals surface area contributed by atoms with Crippen LogP contribution in [-0.2, 0) is 22.4 Å². The number of nitrogen functional groups attached to an aromatic ring is 1. The van der Waals surface area contributed by atoms with Crippen molar-refractivity contribution in [1.82, 2.24) is 35.0 Å². The van der Waals surface area contributed by atoms with Gasteiger partial charge in [0, 0.05) is 66.0 Å². The van der Waals surface area contributed by atoms with Gasteiger partial charge in [-0.25, -0.2) is 15.0 Å². The zero-order valence-electron chi connectivity index (χ0n) is 29.9. The molecule has 3 aliphatic heterocycles. The van der Waals surface area contributed by atoms with Crippen LogP contribution in [0.25, 0.3) is 33.2 Å². The lowest BCUT2D eigenvalue weighted by atomic mass is 10.0. The summed E-state index contributed by atoms with van der Waals surface area (Å²) in [6.45, 7) is 1.55. The molecule has 13 heteroatoms. The predicted octanol–water partition coefficient (Wildman–Crippen LogP) is 5.52. The average Bonchev–Trinajstić information content (AvgIpc) is 3.66. The number of piperazine rings is 1. The van der Waals surface area contributed by atoms with Crippen LogP contribution in [0.3, 0.4) is 0 Å². The van der Waals surface area contributed by atoms with Crippen molar-refractivity contribution in [3.63, 3.8) is 0 Å². The van der Waals surface area contributed by atoms with Gasteiger partial charge in [-0.2, -0.15) is 0 Å². The molecule has 2 aromatic carbocycles. The molecule has 4 N–H and O–H groups in total. The van der Waals surface area contributed by atoms with Crippen molar-refractivity contribution in [1.29, 1.82) is 0 Å². The Morgan fingerprint density at radius 3 is 2.52 bits per heavy atom. The first-order chi connectivity index (χ1) is 26.4. The number of phenols is 1. The van der Waals surface area contributed by atoms with E-state index in [1.807, 2.05) is 41.1 Å². The second-order valence-corrected chi connectivity index (χ2v) is 14.6. The van der Waals surface area contributed by atoms with Gasteiger partial charge in [-0.1, -0.05) is 30.7 Å². The monoisotopic (exact) mass is 722 g/mol. The Labute approximate surface area is 312 Å². The number of rotatable bonds is 10. The number of carbonyl (C=O) groups is 2. The molecule has 274 valence electrons. The number of fused-ring (bicyclic) bond motifs is 5. The molecular weight excluding hydrogens is 681 g/mol. The first-order valence-corrected chi connectivity index (χ1v) is 18.9. The molecule has 0 radical (unpaired) electrons. The van der Waals surface area contributed by atoms with Gasteiger partial charge < -0.3 is 25.2 Å². The third-order valence-corrected chi connectivity index (χ3v) is 11.3. The number of pyridine rings is 1. The summed E-state index contributed by atoms with van der Waals surface area (Å²) in [5.74, 6) is 0.849. The van der Waals surface area contributed by atoms with E-state index in [2.05, 4.69) is 54.6 Å². The standard InChI is InChI=1S/C41H42N10O3/c42-38-34(22-31(47-48-38)29-11-4-5-14-35(29)52)49-23-27-15-16-28(24-49)50(27)41-44-21-19-26(45-41)10-3-1-2-8-25-9-6-13-32-37(25)30-12-7-20-43-39(30)51(32)33-17-18-36(53)46-40(33)54/h4-7,9,11-14,19-22,27-28,33,52H,1-3,8,10,15-18,23-24H2,(H2,42,48)(H,46,53,54). The van der Waals surface area contributed by atoms with Crippen molar-refractivity contribution < 1.29 is 14.7 Å². The van der Waals surface area contributed by atoms with E-state index >= 15 is 0 Å². The lowest BCUT2D eigenvalue weighted by Gasteiger charge is -2.42. The van der Waals surface area contributed by atoms with Gasteiger partial charge in [0.15, 0.2) is 5.82 Å². The van der Waals surface area contributed by atoms with E-state index in [-0.39, 0.29) is 29.6 Å². The van der Waals surface area contributed by atoms with E-state index in [4.69, 9.17) is 15.7 Å². The van der Waals surface area contributed by atoms with Crippen LogP contribution in [0.2, 0.25) is 0 Å². The van der Waals surface area contributed by atoms with Crippen molar-refractivity contribution in [2.75, 3.05) is 28.6 Å². The predicted molar refractivity (Wildman–Crippen MR) is 207 cm³/mol. The van der Waals surface area contributed by atoms with Gasteiger partial charge in [0.1, 0.15) is 17.4 Å². The number of carbonyl (C=O) groups excluding carboxylic acids is 2. The second kappa shape index (κ2) is 14.0. The molecule has 4 aromatic heterocycles. The smallest absolute Gasteiger partial charge is 0.249 e. The fourth-order valence-electron chi connectivity index (χ4n) is 8.79. The van der Waals surface area contributed by atoms with Gasteiger partial charge >= 0.3 is 0 Å². The number of nitrogens with zero attached hydrogens (tertiary/aromatic N) is 8. The van der Waals surface area contributed by atoms with Gasteiger partial charge in [-0.3, -0.25) is 14.9 Å². The zero-order chi connectivity index (χ0) is 36.8. The van der Waals surface area contributed by atoms with Crippen LogP contribution in [0.15, 0.2) is 79.1 Å². The number of aromatic nitrogens is 6. The summed E-state index contributed by atoms with van der Waals surface area (Å²) in [6, 6.07) is 21.4. The average molecular weight is 723 g/mol. The highest BCUT2D eigenvalue weighted by molar-refractivity contribution is 6.10. The third kappa shape index (κ3) is 6.12. The summed E-state index contributed by atoms with van der Waals surface area (Å²) in [6.07, 6.45) is 11.4. The Morgan fingerprint density at radius 2 is 1.69 bits per heavy atom. The number of anilines is 3. The first-order valence-electron chi connectivity index (χ1n) is 18.9. The fraction of sp³-hybridized carbons (Fsp3) is 0.341. The number of nitrogens with two attached hydrogens (primary N) is 1. The Hall–Kier alpha value is -6.11. The lowest BCUT2D eigenvalue weighted by molar-refractivity contribution is -0.135. The maximum absolute atomic E-state index is 12.9. The SMILES string of the molecule is Nc1nnc(-c2ccccc2O)cc1N1CC2CCC(C1)N2c1nccc(CCCCCc2cccc3c2c2cccnc2n3C2CCC(=O)NC2=O)n1. The van der Waals surface area contributed by atoms with Crippen LogP contribution < -0.4 is 20.9 Å². The molecule has 3 aliphatic rings. The van der Waals surface area contributed by atoms with Crippen LogP contribution in [0.5, 0.6) is 5.75 Å². The molecule has 0 saturated carbocycles. The molecule has 3 unspecified atom stereocenters. The van der Waals surface area contributed by atoms with Crippen molar-refractivity contribution in [3.05, 3.63) is 90.4 Å². The van der Waals surface area contributed by atoms with E-state index in [9.17, 15) is 14.7 Å². The number of nitrogens with one attached hydrogen (secondary N) is 1. The molecule has 9 rings (SSSR count). The number of unbranched alkanes of at least 4 members (excludes halogenated alkanes) is 2. The normalized spacial score (nSPS) is 19.9. The molecule has 7 heterocycles. The zero-order valence-corrected chi connectivity index (χ0v) is 29.9. The van der Waals surface area contributed by atoms with Crippen LogP contribution >= 0.6 is 0 Å². The Bertz CT molecular complexity index is 2380. The number of phenolic OH excluding ortho intramolecular Hbond substituents is 1. The van der Waals surface area contributed by atoms with Gasteiger partial charge in [-0.05, 0) is 93.0 Å². The molecular formula is C41H42N10O3. The van der Waals surface area contributed by atoms with Crippen molar-refractivity contribution in [2.24, 2.45) is 0 Å². The van der Waals surface area contributed by atoms with E-state index in [0.717, 1.165) is 97.3 Å². The third-order valence-electron chi connectivity index (χ3n) is 11.3. The van der Waals surface area contributed by atoms with Gasteiger partial charge in [0.2, 0.25) is 17.8 Å². The van der Waals surface area contributed by atoms with Crippen LogP contribution in [0.4, 0.5) is 17.5 Å². The minimum absolute atomic E-state index is 0.160. The largest absolute Gasteiger partial charge is 0.507 e. The van der Waals surface area contributed by atoms with E-state index < -0.39 is 6.04 Å². The number of imide groups is 1. The summed E-state index contributed by atoms with van der Waals surface area (Å²) in [5.41, 5.74) is 12.5. The molecule has 0 spiro atoms. The highest BCUT2D eigenvalue weighted by Crippen LogP contribution is 2.39. The van der Waals surface area contributed by atoms with Crippen LogP contribution in [0, 0.1) is 0 Å². The molecule has 0 aliphatic carbocycles. The maximum Gasteiger partial charge on any atom is 0.249 e. The Balaban J connectivity index is 0.848. The number of amides is 2. The number of aryl methyl sites for hydroxylation is 2. The van der Waals surface area contributed by atoms with Gasteiger partial charge in [0.05, 0.1) is 16.9 Å². The summed E-state index contributed by atoms with van der Waals surface area (Å²) in [7, 11) is 0. The van der Waals surface area contributed by atoms with Crippen LogP contribution in [-0.4, -0.2) is 71.8 Å². The minimum atomic E-state index is -0.466. The summed E-state index contributed by atoms with van der Waals surface area (Å²) in [5, 5.41) is 23.6.